The van der Waals surface area contributed by atoms with Crippen LogP contribution in [-0.2, 0) is 9.53 Å². The van der Waals surface area contributed by atoms with E-state index in [9.17, 15) is 13.6 Å². The van der Waals surface area contributed by atoms with Crippen LogP contribution in [0.1, 0.15) is 25.7 Å². The van der Waals surface area contributed by atoms with Gasteiger partial charge in [0.25, 0.3) is 0 Å². The minimum Gasteiger partial charge on any atom is -0.456 e. The molecule has 1 N–H and O–H groups in total. The standard InChI is InChI=1S/C12H20F2N2O2/c1-16(9-3-2-5-15-6-4-9)8-10-7-12(13,14)11(17)18-10/h9-10,15H,2-8H2,1H3. The summed E-state index contributed by atoms with van der Waals surface area (Å²) < 4.78 is 30.8. The molecular formula is C12H20F2N2O2. The normalized spacial score (nSPS) is 32.3. The number of hydrogen-bond donors (Lipinski definition) is 1. The Morgan fingerprint density at radius 1 is 1.44 bits per heavy atom. The SMILES string of the molecule is CN(CC1CC(F)(F)C(=O)O1)C1CCCNCC1. The lowest BCUT2D eigenvalue weighted by molar-refractivity contribution is -0.159. The molecule has 18 heavy (non-hydrogen) atoms. The molecule has 2 unspecified atom stereocenters. The first-order valence-electron chi connectivity index (χ1n) is 6.49. The molecule has 0 aromatic heterocycles. The van der Waals surface area contributed by atoms with Gasteiger partial charge in [0.1, 0.15) is 6.10 Å². The van der Waals surface area contributed by atoms with Gasteiger partial charge in [0.15, 0.2) is 0 Å². The second-order valence-electron chi connectivity index (χ2n) is 5.21. The zero-order valence-corrected chi connectivity index (χ0v) is 10.6. The van der Waals surface area contributed by atoms with Gasteiger partial charge in [-0.2, -0.15) is 8.78 Å². The van der Waals surface area contributed by atoms with E-state index in [1.54, 1.807) is 0 Å². The number of likely N-dealkylation sites (N-methyl/N-ethyl adjacent to an activating group) is 1. The summed E-state index contributed by atoms with van der Waals surface area (Å²) in [5.74, 6) is -4.67. The number of halogens is 2. The van der Waals surface area contributed by atoms with Crippen LogP contribution in [0.2, 0.25) is 0 Å². The molecule has 2 rings (SSSR count). The van der Waals surface area contributed by atoms with E-state index in [2.05, 4.69) is 5.32 Å². The first kappa shape index (κ1) is 13.7. The van der Waals surface area contributed by atoms with Gasteiger partial charge in [-0.05, 0) is 39.4 Å². The van der Waals surface area contributed by atoms with Crippen molar-refractivity contribution in [2.24, 2.45) is 0 Å². The third kappa shape index (κ3) is 3.17. The van der Waals surface area contributed by atoms with Crippen LogP contribution in [0, 0.1) is 0 Å². The van der Waals surface area contributed by atoms with E-state index in [-0.39, 0.29) is 0 Å². The van der Waals surface area contributed by atoms with Crippen molar-refractivity contribution in [2.45, 2.75) is 43.8 Å². The molecule has 2 atom stereocenters. The maximum Gasteiger partial charge on any atom is 0.377 e. The minimum atomic E-state index is -3.30. The summed E-state index contributed by atoms with van der Waals surface area (Å²) in [6, 6.07) is 0.382. The van der Waals surface area contributed by atoms with E-state index in [0.717, 1.165) is 32.4 Å². The fraction of sp³-hybridized carbons (Fsp3) is 0.917. The number of carbonyl (C=O) groups is 1. The van der Waals surface area contributed by atoms with Gasteiger partial charge in [-0.3, -0.25) is 4.90 Å². The highest BCUT2D eigenvalue weighted by molar-refractivity contribution is 5.79. The third-order valence-corrected chi connectivity index (χ3v) is 3.72. The van der Waals surface area contributed by atoms with Gasteiger partial charge in [-0.1, -0.05) is 0 Å². The molecule has 2 fully saturated rings. The Hall–Kier alpha value is -0.750. The Bertz CT molecular complexity index is 304. The van der Waals surface area contributed by atoms with Gasteiger partial charge in [0, 0.05) is 12.6 Å². The van der Waals surface area contributed by atoms with Crippen molar-refractivity contribution in [1.29, 1.82) is 0 Å². The molecule has 4 nitrogen and oxygen atoms in total. The molecule has 0 aliphatic carbocycles. The van der Waals surface area contributed by atoms with Crippen molar-refractivity contribution in [3.63, 3.8) is 0 Å². The summed E-state index contributed by atoms with van der Waals surface area (Å²) in [7, 11) is 1.92. The zero-order valence-electron chi connectivity index (χ0n) is 10.6. The number of rotatable bonds is 3. The van der Waals surface area contributed by atoms with Crippen LogP contribution in [0.15, 0.2) is 0 Å². The van der Waals surface area contributed by atoms with Crippen molar-refractivity contribution in [3.05, 3.63) is 0 Å². The minimum absolute atomic E-state index is 0.382. The molecule has 0 aromatic carbocycles. The van der Waals surface area contributed by atoms with Crippen LogP contribution >= 0.6 is 0 Å². The maximum absolute atomic E-state index is 13.0. The average Bonchev–Trinajstić information content (AvgIpc) is 2.51. The highest BCUT2D eigenvalue weighted by Gasteiger charge is 2.51. The smallest absolute Gasteiger partial charge is 0.377 e. The molecule has 2 aliphatic heterocycles. The van der Waals surface area contributed by atoms with Crippen LogP contribution in [0.5, 0.6) is 0 Å². The number of cyclic esters (lactones) is 1. The first-order chi connectivity index (χ1) is 8.49. The lowest BCUT2D eigenvalue weighted by Gasteiger charge is -2.28. The topological polar surface area (TPSA) is 41.6 Å². The Kier molecular flexibility index (Phi) is 4.17. The van der Waals surface area contributed by atoms with Crippen molar-refractivity contribution >= 4 is 5.97 Å². The number of hydrogen-bond acceptors (Lipinski definition) is 4. The van der Waals surface area contributed by atoms with E-state index in [0.29, 0.717) is 12.6 Å². The van der Waals surface area contributed by atoms with Crippen LogP contribution in [-0.4, -0.2) is 55.6 Å². The lowest BCUT2D eigenvalue weighted by Crippen LogP contribution is -2.38. The van der Waals surface area contributed by atoms with Gasteiger partial charge >= 0.3 is 11.9 Å². The summed E-state index contributed by atoms with van der Waals surface area (Å²) in [6.45, 7) is 2.36. The molecule has 104 valence electrons. The molecule has 0 bridgehead atoms. The third-order valence-electron chi connectivity index (χ3n) is 3.72. The van der Waals surface area contributed by atoms with E-state index in [1.807, 2.05) is 11.9 Å². The molecule has 0 aromatic rings. The van der Waals surface area contributed by atoms with E-state index < -0.39 is 24.4 Å². The van der Waals surface area contributed by atoms with Gasteiger partial charge in [0.2, 0.25) is 0 Å². The van der Waals surface area contributed by atoms with Crippen molar-refractivity contribution in [3.8, 4) is 0 Å². The van der Waals surface area contributed by atoms with Gasteiger partial charge in [0.05, 0.1) is 6.42 Å². The molecule has 0 saturated carbocycles. The Morgan fingerprint density at radius 3 is 2.89 bits per heavy atom. The summed E-state index contributed by atoms with van der Waals surface area (Å²) in [6.07, 6.45) is 2.00. The quantitative estimate of drug-likeness (QED) is 0.771. The zero-order chi connectivity index (χ0) is 13.2. The molecule has 2 heterocycles. The number of carbonyl (C=O) groups excluding carboxylic acids is 1. The summed E-state index contributed by atoms with van der Waals surface area (Å²) >= 11 is 0. The van der Waals surface area contributed by atoms with Gasteiger partial charge in [-0.25, -0.2) is 4.79 Å². The molecule has 2 saturated heterocycles. The number of nitrogens with zero attached hydrogens (tertiary/aromatic N) is 1. The highest BCUT2D eigenvalue weighted by atomic mass is 19.3. The van der Waals surface area contributed by atoms with Crippen LogP contribution in [0.3, 0.4) is 0 Å². The van der Waals surface area contributed by atoms with E-state index in [1.165, 1.54) is 0 Å². The molecule has 0 amide bonds. The van der Waals surface area contributed by atoms with E-state index >= 15 is 0 Å². The second-order valence-corrected chi connectivity index (χ2v) is 5.21. The number of esters is 1. The number of ether oxygens (including phenoxy) is 1. The fourth-order valence-corrected chi connectivity index (χ4v) is 2.66. The lowest BCUT2D eigenvalue weighted by atomic mass is 10.1. The monoisotopic (exact) mass is 262 g/mol. The average molecular weight is 262 g/mol. The van der Waals surface area contributed by atoms with Crippen LogP contribution in [0.25, 0.3) is 0 Å². The van der Waals surface area contributed by atoms with Crippen LogP contribution in [0.4, 0.5) is 8.78 Å². The second kappa shape index (κ2) is 5.48. The number of alkyl halides is 2. The summed E-state index contributed by atoms with van der Waals surface area (Å²) in [5.41, 5.74) is 0. The molecule has 6 heteroatoms. The van der Waals surface area contributed by atoms with E-state index in [4.69, 9.17) is 4.74 Å². The molecule has 0 spiro atoms. The van der Waals surface area contributed by atoms with Crippen molar-refractivity contribution in [2.75, 3.05) is 26.7 Å². The Balaban J connectivity index is 1.84. The predicted molar refractivity (Wildman–Crippen MR) is 62.6 cm³/mol. The Labute approximate surface area is 106 Å². The summed E-state index contributed by atoms with van der Waals surface area (Å²) in [4.78, 5) is 13.0. The highest BCUT2D eigenvalue weighted by Crippen LogP contribution is 2.31. The Morgan fingerprint density at radius 2 is 2.22 bits per heavy atom. The van der Waals surface area contributed by atoms with Crippen LogP contribution < -0.4 is 5.32 Å². The maximum atomic E-state index is 13.0. The first-order valence-corrected chi connectivity index (χ1v) is 6.49. The fourth-order valence-electron chi connectivity index (χ4n) is 2.66. The van der Waals surface area contributed by atoms with Crippen molar-refractivity contribution in [1.82, 2.24) is 10.2 Å². The molecule has 0 radical (unpaired) electrons. The number of nitrogens with one attached hydrogen (secondary N) is 1. The van der Waals surface area contributed by atoms with Gasteiger partial charge in [-0.15, -0.1) is 0 Å². The molecule has 2 aliphatic rings. The molecular weight excluding hydrogens is 242 g/mol. The van der Waals surface area contributed by atoms with Crippen molar-refractivity contribution < 1.29 is 18.3 Å². The predicted octanol–water partition coefficient (Wildman–Crippen LogP) is 1.01. The largest absolute Gasteiger partial charge is 0.456 e. The van der Waals surface area contributed by atoms with Gasteiger partial charge < -0.3 is 10.1 Å². The summed E-state index contributed by atoms with van der Waals surface area (Å²) in [5, 5.41) is 3.31.